The molecule has 1 aromatic heterocycles. The Labute approximate surface area is 215 Å². The average Bonchev–Trinajstić information content (AvgIpc) is 2.85. The van der Waals surface area contributed by atoms with E-state index in [0.29, 0.717) is 42.2 Å². The number of ether oxygens (including phenoxy) is 4. The third-order valence-electron chi connectivity index (χ3n) is 5.87. The van der Waals surface area contributed by atoms with E-state index in [2.05, 4.69) is 40.9 Å². The van der Waals surface area contributed by atoms with E-state index in [1.807, 2.05) is 12.1 Å². The topological polar surface area (TPSA) is 69.2 Å². The zero-order chi connectivity index (χ0) is 25.5. The van der Waals surface area contributed by atoms with Crippen LogP contribution >= 0.6 is 11.6 Å². The SMILES string of the molecule is CN(C)CCN(C)CCOc1cc(OC2CCOCC2)c2c(Oc3ccc(F)cc3Cl)ncnc2c1. The highest BCUT2D eigenvalue weighted by atomic mass is 35.5. The second-order valence-corrected chi connectivity index (χ2v) is 9.46. The van der Waals surface area contributed by atoms with Crippen LogP contribution in [-0.2, 0) is 4.74 Å². The molecule has 194 valence electrons. The van der Waals surface area contributed by atoms with E-state index >= 15 is 0 Å². The van der Waals surface area contributed by atoms with E-state index in [9.17, 15) is 4.39 Å². The van der Waals surface area contributed by atoms with Gasteiger partial charge in [-0.1, -0.05) is 11.6 Å². The van der Waals surface area contributed by atoms with Gasteiger partial charge in [-0.15, -0.1) is 0 Å². The van der Waals surface area contributed by atoms with Gasteiger partial charge < -0.3 is 28.7 Å². The number of nitrogens with zero attached hydrogens (tertiary/aromatic N) is 4. The zero-order valence-electron chi connectivity index (χ0n) is 20.9. The number of aromatic nitrogens is 2. The summed E-state index contributed by atoms with van der Waals surface area (Å²) in [5, 5.41) is 0.742. The Kier molecular flexibility index (Phi) is 9.14. The van der Waals surface area contributed by atoms with Gasteiger partial charge in [0, 0.05) is 44.6 Å². The van der Waals surface area contributed by atoms with E-state index in [1.165, 1.54) is 24.5 Å². The molecular formula is C26H32ClFN4O4. The number of halogens is 2. The van der Waals surface area contributed by atoms with Crippen molar-refractivity contribution >= 4 is 22.5 Å². The van der Waals surface area contributed by atoms with Crippen molar-refractivity contribution in [2.24, 2.45) is 0 Å². The standard InChI is InChI=1S/C26H32ClFN4O4/c1-31(2)8-9-32(3)10-13-34-20-15-22-25(24(16-20)35-19-6-11-33-12-7-19)26(30-17-29-22)36-23-5-4-18(28)14-21(23)27/h4-5,14-17,19H,6-13H2,1-3H3. The van der Waals surface area contributed by atoms with Crippen LogP contribution in [0.25, 0.3) is 10.9 Å². The molecule has 36 heavy (non-hydrogen) atoms. The summed E-state index contributed by atoms with van der Waals surface area (Å²) >= 11 is 6.19. The predicted octanol–water partition coefficient (Wildman–Crippen LogP) is 4.64. The molecule has 8 nitrogen and oxygen atoms in total. The Morgan fingerprint density at radius 2 is 1.83 bits per heavy atom. The summed E-state index contributed by atoms with van der Waals surface area (Å²) in [6.07, 6.45) is 2.94. The van der Waals surface area contributed by atoms with Crippen molar-refractivity contribution in [2.75, 3.05) is 60.6 Å². The van der Waals surface area contributed by atoms with Gasteiger partial charge in [0.25, 0.3) is 0 Å². The molecule has 0 bridgehead atoms. The first-order valence-electron chi connectivity index (χ1n) is 12.0. The number of hydrogen-bond donors (Lipinski definition) is 0. The first kappa shape index (κ1) is 26.3. The summed E-state index contributed by atoms with van der Waals surface area (Å²) in [6.45, 7) is 4.51. The quantitative estimate of drug-likeness (QED) is 0.363. The monoisotopic (exact) mass is 518 g/mol. The maximum atomic E-state index is 13.5. The van der Waals surface area contributed by atoms with Gasteiger partial charge in [0.15, 0.2) is 0 Å². The van der Waals surface area contributed by atoms with E-state index < -0.39 is 5.82 Å². The van der Waals surface area contributed by atoms with Crippen LogP contribution in [0.1, 0.15) is 12.8 Å². The van der Waals surface area contributed by atoms with Crippen molar-refractivity contribution < 1.29 is 23.3 Å². The van der Waals surface area contributed by atoms with Crippen molar-refractivity contribution in [1.29, 1.82) is 0 Å². The molecular weight excluding hydrogens is 487 g/mol. The van der Waals surface area contributed by atoms with Crippen molar-refractivity contribution in [3.8, 4) is 23.1 Å². The molecule has 0 atom stereocenters. The molecule has 10 heteroatoms. The van der Waals surface area contributed by atoms with E-state index in [-0.39, 0.29) is 22.8 Å². The summed E-state index contributed by atoms with van der Waals surface area (Å²) in [5.41, 5.74) is 0.610. The first-order valence-corrected chi connectivity index (χ1v) is 12.4. The molecule has 1 saturated heterocycles. The summed E-state index contributed by atoms with van der Waals surface area (Å²) in [4.78, 5) is 13.1. The second-order valence-electron chi connectivity index (χ2n) is 9.06. The molecule has 2 heterocycles. The highest BCUT2D eigenvalue weighted by Crippen LogP contribution is 2.39. The first-order chi connectivity index (χ1) is 17.4. The van der Waals surface area contributed by atoms with Crippen molar-refractivity contribution in [2.45, 2.75) is 18.9 Å². The number of rotatable bonds is 11. The highest BCUT2D eigenvalue weighted by Gasteiger charge is 2.21. The van der Waals surface area contributed by atoms with Crippen LogP contribution in [0.2, 0.25) is 5.02 Å². The Morgan fingerprint density at radius 1 is 1.03 bits per heavy atom. The minimum atomic E-state index is -0.447. The molecule has 4 rings (SSSR count). The molecule has 0 radical (unpaired) electrons. The predicted molar refractivity (Wildman–Crippen MR) is 137 cm³/mol. The third kappa shape index (κ3) is 7.16. The minimum Gasteiger partial charge on any atom is -0.492 e. The molecule has 0 amide bonds. The maximum absolute atomic E-state index is 13.5. The molecule has 0 unspecified atom stereocenters. The van der Waals surface area contributed by atoms with Crippen LogP contribution in [-0.4, -0.2) is 86.5 Å². The lowest BCUT2D eigenvalue weighted by Crippen LogP contribution is -2.31. The van der Waals surface area contributed by atoms with E-state index in [0.717, 1.165) is 32.5 Å². The molecule has 2 aromatic carbocycles. The van der Waals surface area contributed by atoms with Crippen molar-refractivity contribution in [1.82, 2.24) is 19.8 Å². The fourth-order valence-corrected chi connectivity index (χ4v) is 4.00. The average molecular weight is 519 g/mol. The number of hydrogen-bond acceptors (Lipinski definition) is 8. The molecule has 0 spiro atoms. The Balaban J connectivity index is 1.60. The summed E-state index contributed by atoms with van der Waals surface area (Å²) in [6, 6.07) is 7.63. The number of fused-ring (bicyclic) bond motifs is 1. The highest BCUT2D eigenvalue weighted by molar-refractivity contribution is 6.32. The summed E-state index contributed by atoms with van der Waals surface area (Å²) in [5.74, 6) is 1.32. The maximum Gasteiger partial charge on any atom is 0.234 e. The Morgan fingerprint density at radius 3 is 2.58 bits per heavy atom. The van der Waals surface area contributed by atoms with Crippen LogP contribution in [0.4, 0.5) is 4.39 Å². The molecule has 0 aliphatic carbocycles. The molecule has 3 aromatic rings. The van der Waals surface area contributed by atoms with Crippen LogP contribution in [0.5, 0.6) is 23.1 Å². The minimum absolute atomic E-state index is 0.0168. The smallest absolute Gasteiger partial charge is 0.234 e. The lowest BCUT2D eigenvalue weighted by atomic mass is 10.1. The number of benzene rings is 2. The van der Waals surface area contributed by atoms with Gasteiger partial charge in [-0.05, 0) is 39.3 Å². The zero-order valence-corrected chi connectivity index (χ0v) is 21.6. The molecule has 1 fully saturated rings. The van der Waals surface area contributed by atoms with Crippen molar-refractivity contribution in [3.05, 3.63) is 47.5 Å². The lowest BCUT2D eigenvalue weighted by Gasteiger charge is -2.24. The molecule has 1 aliphatic rings. The fraction of sp³-hybridized carbons (Fsp3) is 0.462. The third-order valence-corrected chi connectivity index (χ3v) is 6.17. The van der Waals surface area contributed by atoms with Crippen molar-refractivity contribution in [3.63, 3.8) is 0 Å². The van der Waals surface area contributed by atoms with Gasteiger partial charge in [0.2, 0.25) is 5.88 Å². The normalized spacial score (nSPS) is 14.5. The van der Waals surface area contributed by atoms with Gasteiger partial charge in [-0.25, -0.2) is 14.4 Å². The van der Waals surface area contributed by atoms with Crippen LogP contribution in [0, 0.1) is 5.82 Å². The van der Waals surface area contributed by atoms with E-state index in [4.69, 9.17) is 30.5 Å². The van der Waals surface area contributed by atoms with E-state index in [1.54, 1.807) is 0 Å². The van der Waals surface area contributed by atoms with Gasteiger partial charge in [-0.3, -0.25) is 0 Å². The van der Waals surface area contributed by atoms with Gasteiger partial charge >= 0.3 is 0 Å². The fourth-order valence-electron chi connectivity index (χ4n) is 3.79. The van der Waals surface area contributed by atoms with Gasteiger partial charge in [-0.2, -0.15) is 0 Å². The van der Waals surface area contributed by atoms with Gasteiger partial charge in [0.1, 0.15) is 47.5 Å². The van der Waals surface area contributed by atoms with Crippen LogP contribution in [0.15, 0.2) is 36.7 Å². The van der Waals surface area contributed by atoms with Crippen LogP contribution < -0.4 is 14.2 Å². The Bertz CT molecular complexity index is 1160. The molecule has 0 N–H and O–H groups in total. The lowest BCUT2D eigenvalue weighted by molar-refractivity contribution is 0.0260. The second kappa shape index (κ2) is 12.5. The summed E-state index contributed by atoms with van der Waals surface area (Å²) in [7, 11) is 6.19. The number of likely N-dealkylation sites (N-methyl/N-ethyl adjacent to an activating group) is 2. The Hall–Kier alpha value is -2.72. The van der Waals surface area contributed by atoms with Gasteiger partial charge in [0.05, 0.1) is 23.8 Å². The molecule has 0 saturated carbocycles. The van der Waals surface area contributed by atoms with Crippen LogP contribution in [0.3, 0.4) is 0 Å². The summed E-state index contributed by atoms with van der Waals surface area (Å²) < 4.78 is 37.5. The molecule has 1 aliphatic heterocycles. The largest absolute Gasteiger partial charge is 0.492 e.